The number of nitro groups is 1. The molecule has 0 saturated carbocycles. The van der Waals surface area contributed by atoms with Crippen LogP contribution < -0.4 is 10.2 Å². The maximum absolute atomic E-state index is 11.4. The van der Waals surface area contributed by atoms with Crippen LogP contribution in [0, 0.1) is 24.0 Å². The molecule has 0 amide bonds. The van der Waals surface area contributed by atoms with E-state index in [1.807, 2.05) is 19.9 Å². The van der Waals surface area contributed by atoms with Crippen molar-refractivity contribution in [2.45, 2.75) is 13.8 Å². The number of aryl methyl sites for hydroxylation is 1. The number of ether oxygens (including phenoxy) is 1. The molecule has 134 valence electrons. The molecule has 3 rings (SSSR count). The van der Waals surface area contributed by atoms with Gasteiger partial charge in [-0.1, -0.05) is 17.0 Å². The molecule has 2 aromatic carbocycles. The summed E-state index contributed by atoms with van der Waals surface area (Å²) >= 11 is 0. The number of hydrogen-bond donors (Lipinski definition) is 1. The number of methoxy groups -OCH3 is 1. The van der Waals surface area contributed by atoms with E-state index >= 15 is 0 Å². The Morgan fingerprint density at radius 1 is 1.19 bits per heavy atom. The van der Waals surface area contributed by atoms with E-state index in [0.29, 0.717) is 22.0 Å². The zero-order valence-corrected chi connectivity index (χ0v) is 14.4. The zero-order valence-electron chi connectivity index (χ0n) is 14.4. The normalized spacial score (nSPS) is 11.6. The molecule has 0 aliphatic carbocycles. The van der Waals surface area contributed by atoms with Crippen LogP contribution in [0.3, 0.4) is 0 Å². The Bertz CT molecular complexity index is 1030. The van der Waals surface area contributed by atoms with Gasteiger partial charge in [-0.2, -0.15) is 0 Å². The lowest BCUT2D eigenvalue weighted by atomic mass is 10.1. The molecule has 0 unspecified atom stereocenters. The summed E-state index contributed by atoms with van der Waals surface area (Å²) in [5.74, 6) is 0.0596. The molecule has 26 heavy (non-hydrogen) atoms. The molecule has 0 aliphatic heterocycles. The maximum atomic E-state index is 11.4. The quantitative estimate of drug-likeness (QED) is 0.440. The Hall–Kier alpha value is -3.62. The Kier molecular flexibility index (Phi) is 4.44. The fraction of sp³-hybridized carbons (Fsp3) is 0.176. The third-order valence-corrected chi connectivity index (χ3v) is 4.04. The molecule has 0 atom stereocenters. The van der Waals surface area contributed by atoms with Gasteiger partial charge in [0.1, 0.15) is 11.4 Å². The molecule has 9 heteroatoms. The molecule has 3 aromatic rings. The number of aromatic nitrogens is 3. The molecule has 0 radical (unpaired) electrons. The van der Waals surface area contributed by atoms with Crippen molar-refractivity contribution in [1.82, 2.24) is 14.7 Å². The molecule has 0 spiro atoms. The van der Waals surface area contributed by atoms with Crippen molar-refractivity contribution < 1.29 is 14.9 Å². The van der Waals surface area contributed by atoms with Crippen molar-refractivity contribution in [3.05, 3.63) is 69.2 Å². The monoisotopic (exact) mass is 355 g/mol. The molecule has 1 N–H and O–H groups in total. The molecule has 0 aliphatic rings. The minimum atomic E-state index is -0.684. The molecule has 0 saturated heterocycles. The molecular weight excluding hydrogens is 338 g/mol. The zero-order chi connectivity index (χ0) is 18.8. The molecule has 1 aromatic heterocycles. The van der Waals surface area contributed by atoms with Gasteiger partial charge in [0.25, 0.3) is 5.49 Å². The van der Waals surface area contributed by atoms with Crippen molar-refractivity contribution in [1.29, 1.82) is 0 Å². The number of rotatable bonds is 4. The Balaban J connectivity index is 2.22. The highest BCUT2D eigenvalue weighted by Gasteiger charge is 2.24. The van der Waals surface area contributed by atoms with E-state index in [9.17, 15) is 15.3 Å². The highest BCUT2D eigenvalue weighted by Crippen LogP contribution is 2.21. The first-order valence-corrected chi connectivity index (χ1v) is 7.73. The second-order valence-corrected chi connectivity index (χ2v) is 5.61. The van der Waals surface area contributed by atoms with E-state index in [1.54, 1.807) is 36.4 Å². The Morgan fingerprint density at radius 3 is 2.50 bits per heavy atom. The highest BCUT2D eigenvalue weighted by molar-refractivity contribution is 5.49. The minimum Gasteiger partial charge on any atom is -0.497 e. The van der Waals surface area contributed by atoms with Crippen molar-refractivity contribution in [2.24, 2.45) is 4.99 Å². The van der Waals surface area contributed by atoms with Gasteiger partial charge in [0, 0.05) is 0 Å². The smallest absolute Gasteiger partial charge is 0.438 e. The predicted molar refractivity (Wildman–Crippen MR) is 93.1 cm³/mol. The first-order valence-electron chi connectivity index (χ1n) is 7.73. The van der Waals surface area contributed by atoms with Crippen molar-refractivity contribution in [3.63, 3.8) is 0 Å². The summed E-state index contributed by atoms with van der Waals surface area (Å²) in [4.78, 5) is 16.5. The van der Waals surface area contributed by atoms with Crippen LogP contribution in [0.2, 0.25) is 0 Å². The first-order chi connectivity index (χ1) is 12.4. The van der Waals surface area contributed by atoms with Crippen LogP contribution in [0.4, 0.5) is 11.5 Å². The number of hydrogen-bond acceptors (Lipinski definition) is 6. The van der Waals surface area contributed by atoms with Gasteiger partial charge < -0.3 is 20.1 Å². The average Bonchev–Trinajstić information content (AvgIpc) is 2.96. The summed E-state index contributed by atoms with van der Waals surface area (Å²) in [6.07, 6.45) is 0. The molecule has 0 bridgehead atoms. The van der Waals surface area contributed by atoms with Gasteiger partial charge >= 0.3 is 5.82 Å². The van der Waals surface area contributed by atoms with Crippen LogP contribution in [0.1, 0.15) is 11.1 Å². The largest absolute Gasteiger partial charge is 0.497 e. The van der Waals surface area contributed by atoms with E-state index in [2.05, 4.69) is 10.1 Å². The highest BCUT2D eigenvalue weighted by atomic mass is 16.6. The van der Waals surface area contributed by atoms with Crippen molar-refractivity contribution >= 4 is 11.5 Å². The van der Waals surface area contributed by atoms with Crippen LogP contribution in [0.5, 0.6) is 5.75 Å². The Morgan fingerprint density at radius 2 is 1.88 bits per heavy atom. The van der Waals surface area contributed by atoms with Gasteiger partial charge in [0.15, 0.2) is 0 Å². The summed E-state index contributed by atoms with van der Waals surface area (Å²) in [5.41, 5.74) is 2.52. The fourth-order valence-electron chi connectivity index (χ4n) is 2.42. The summed E-state index contributed by atoms with van der Waals surface area (Å²) < 4.78 is 5.08. The van der Waals surface area contributed by atoms with Crippen LogP contribution in [-0.4, -0.2) is 32.0 Å². The SMILES string of the molecule is COc1ccc(-n2nc([N+](=O)[O-])c(=Nc3cccc(C)c3C)n2O)cc1. The predicted octanol–water partition coefficient (Wildman–Crippen LogP) is 2.68. The van der Waals surface area contributed by atoms with E-state index < -0.39 is 10.7 Å². The van der Waals surface area contributed by atoms with E-state index in [1.165, 1.54) is 7.11 Å². The molecule has 9 nitrogen and oxygen atoms in total. The lowest BCUT2D eigenvalue weighted by molar-refractivity contribution is -0.391. The summed E-state index contributed by atoms with van der Waals surface area (Å²) in [7, 11) is 1.53. The Labute approximate surface area is 148 Å². The topological polar surface area (TPSA) is 108 Å². The van der Waals surface area contributed by atoms with Gasteiger partial charge in [-0.15, -0.1) is 0 Å². The first kappa shape index (κ1) is 17.2. The molecule has 0 fully saturated rings. The second-order valence-electron chi connectivity index (χ2n) is 5.61. The second kappa shape index (κ2) is 6.71. The lowest BCUT2D eigenvalue weighted by Gasteiger charge is -2.03. The molecule has 1 heterocycles. The van der Waals surface area contributed by atoms with Gasteiger partial charge in [-0.05, 0) is 65.0 Å². The number of benzene rings is 2. The van der Waals surface area contributed by atoms with Crippen LogP contribution in [0.15, 0.2) is 47.5 Å². The van der Waals surface area contributed by atoms with Crippen LogP contribution >= 0.6 is 0 Å². The third-order valence-electron chi connectivity index (χ3n) is 4.04. The molecular formula is C17H17N5O4. The summed E-state index contributed by atoms with van der Waals surface area (Å²) in [6, 6.07) is 12.0. The van der Waals surface area contributed by atoms with Crippen LogP contribution in [0.25, 0.3) is 5.69 Å². The average molecular weight is 355 g/mol. The third kappa shape index (κ3) is 3.02. The maximum Gasteiger partial charge on any atom is 0.438 e. The van der Waals surface area contributed by atoms with E-state index in [4.69, 9.17) is 4.74 Å². The van der Waals surface area contributed by atoms with Crippen molar-refractivity contribution in [3.8, 4) is 11.4 Å². The van der Waals surface area contributed by atoms with E-state index in [-0.39, 0.29) is 5.49 Å². The van der Waals surface area contributed by atoms with Gasteiger partial charge in [-0.25, -0.2) is 4.99 Å². The lowest BCUT2D eigenvalue weighted by Crippen LogP contribution is -2.22. The van der Waals surface area contributed by atoms with Gasteiger partial charge in [0.05, 0.1) is 17.9 Å². The standard InChI is InChI=1S/C17H17N5O4/c1-11-5-4-6-15(12(11)2)18-16-17(22(24)25)19-20(21(16)23)13-7-9-14(26-3)10-8-13/h4-10,23H,1-3H3. The summed E-state index contributed by atoms with van der Waals surface area (Å²) in [6.45, 7) is 3.77. The van der Waals surface area contributed by atoms with Gasteiger partial charge in [-0.3, -0.25) is 0 Å². The van der Waals surface area contributed by atoms with Crippen LogP contribution in [-0.2, 0) is 0 Å². The summed E-state index contributed by atoms with van der Waals surface area (Å²) in [5, 5.41) is 25.7. The van der Waals surface area contributed by atoms with Crippen molar-refractivity contribution in [2.75, 3.05) is 7.11 Å². The van der Waals surface area contributed by atoms with E-state index in [0.717, 1.165) is 15.9 Å². The minimum absolute atomic E-state index is 0.264. The fourth-order valence-corrected chi connectivity index (χ4v) is 2.42. The van der Waals surface area contributed by atoms with Gasteiger partial charge in [0.2, 0.25) is 0 Å². The number of nitrogens with zero attached hydrogens (tertiary/aromatic N) is 5.